The van der Waals surface area contributed by atoms with Crippen molar-refractivity contribution in [3.63, 3.8) is 0 Å². The number of nitrogens with one attached hydrogen (secondary N) is 1. The van der Waals surface area contributed by atoms with Gasteiger partial charge >= 0.3 is 0 Å². The minimum absolute atomic E-state index is 0.0220. The summed E-state index contributed by atoms with van der Waals surface area (Å²) in [7, 11) is -3.07. The summed E-state index contributed by atoms with van der Waals surface area (Å²) in [5, 5.41) is 15.0. The molecule has 1 aliphatic rings. The Balaban J connectivity index is 1.59. The molecule has 268 valence electrons. The fourth-order valence-corrected chi connectivity index (χ4v) is 7.93. The molecule has 1 fully saturated rings. The first-order valence-electron chi connectivity index (χ1n) is 16.8. The molecule has 0 radical (unpaired) electrons. The molecule has 1 N–H and O–H groups in total. The van der Waals surface area contributed by atoms with Crippen molar-refractivity contribution in [3.05, 3.63) is 128 Å². The molecule has 4 aromatic carbocycles. The largest absolute Gasteiger partial charge is 0.497 e. The van der Waals surface area contributed by atoms with E-state index in [4.69, 9.17) is 4.74 Å². The quantitative estimate of drug-likeness (QED) is 0.108. The average molecular weight is 778 g/mol. The standard InChI is InChI=1S/C38H41BrN4O7S/c1-27-13-22-34(24-35(27)43(46)47)51(48,49)42(32-18-20-33(50-2)21-19-32)26-37(44)41(25-29-14-16-30(39)17-15-29)36(23-28-9-5-3-6-10-28)38(45)40-31-11-7-4-8-12-31/h3,5-6,9-10,13-22,24,31,36H,4,7-8,11-12,23,25-26H2,1-2H3,(H,40,45)/t36-/m1/s1. The van der Waals surface area contributed by atoms with Crippen molar-refractivity contribution in [2.24, 2.45) is 0 Å². The molecule has 13 heteroatoms. The third kappa shape index (κ3) is 9.53. The molecule has 0 heterocycles. The number of nitrogens with zero attached hydrogens (tertiary/aromatic N) is 3. The molecular formula is C38H41BrN4O7S. The number of hydrogen-bond donors (Lipinski definition) is 1. The number of ether oxygens (including phenoxy) is 1. The van der Waals surface area contributed by atoms with Gasteiger partial charge in [-0.05, 0) is 73.4 Å². The molecule has 51 heavy (non-hydrogen) atoms. The minimum Gasteiger partial charge on any atom is -0.497 e. The molecule has 0 aliphatic heterocycles. The summed E-state index contributed by atoms with van der Waals surface area (Å²) >= 11 is 3.45. The lowest BCUT2D eigenvalue weighted by Gasteiger charge is -2.35. The highest BCUT2D eigenvalue weighted by Gasteiger charge is 2.36. The van der Waals surface area contributed by atoms with E-state index in [2.05, 4.69) is 21.2 Å². The highest BCUT2D eigenvalue weighted by molar-refractivity contribution is 9.10. The number of amides is 2. The fraction of sp³-hybridized carbons (Fsp3) is 0.316. The van der Waals surface area contributed by atoms with Gasteiger partial charge in [-0.15, -0.1) is 0 Å². The third-order valence-electron chi connectivity index (χ3n) is 9.09. The second-order valence-electron chi connectivity index (χ2n) is 12.6. The van der Waals surface area contributed by atoms with E-state index in [1.807, 2.05) is 54.6 Å². The number of sulfonamides is 1. The minimum atomic E-state index is -4.55. The van der Waals surface area contributed by atoms with Gasteiger partial charge in [0.05, 0.1) is 22.6 Å². The lowest BCUT2D eigenvalue weighted by Crippen LogP contribution is -2.55. The highest BCUT2D eigenvalue weighted by Crippen LogP contribution is 2.30. The number of methoxy groups -OCH3 is 1. The SMILES string of the molecule is COc1ccc(N(CC(=O)N(Cc2ccc(Br)cc2)[C@H](Cc2ccccc2)C(=O)NC2CCCCC2)S(=O)(=O)c2ccc(C)c([N+](=O)[O-])c2)cc1. The number of aryl methyl sites for hydroxylation is 1. The lowest BCUT2D eigenvalue weighted by atomic mass is 9.94. The Kier molecular flexibility index (Phi) is 12.5. The van der Waals surface area contributed by atoms with Crippen molar-refractivity contribution >= 4 is 49.1 Å². The maximum Gasteiger partial charge on any atom is 0.273 e. The smallest absolute Gasteiger partial charge is 0.273 e. The van der Waals surface area contributed by atoms with Crippen molar-refractivity contribution in [3.8, 4) is 5.75 Å². The zero-order valence-corrected chi connectivity index (χ0v) is 30.9. The Labute approximate surface area is 306 Å². The van der Waals surface area contributed by atoms with E-state index < -0.39 is 33.4 Å². The summed E-state index contributed by atoms with van der Waals surface area (Å²) in [6, 6.07) is 25.5. The molecular weight excluding hydrogens is 736 g/mol. The number of nitro groups is 1. The monoisotopic (exact) mass is 776 g/mol. The van der Waals surface area contributed by atoms with Crippen LogP contribution in [0.5, 0.6) is 5.75 Å². The number of benzene rings is 4. The molecule has 5 rings (SSSR count). The lowest BCUT2D eigenvalue weighted by molar-refractivity contribution is -0.385. The number of halogens is 1. The van der Waals surface area contributed by atoms with Gasteiger partial charge in [-0.2, -0.15) is 0 Å². The van der Waals surface area contributed by atoms with Crippen molar-refractivity contribution in [2.75, 3.05) is 18.0 Å². The van der Waals surface area contributed by atoms with Gasteiger partial charge in [0, 0.05) is 35.1 Å². The summed E-state index contributed by atoms with van der Waals surface area (Å²) < 4.78 is 35.8. The van der Waals surface area contributed by atoms with Gasteiger partial charge in [0.1, 0.15) is 18.3 Å². The van der Waals surface area contributed by atoms with Crippen LogP contribution in [-0.4, -0.2) is 55.8 Å². The van der Waals surface area contributed by atoms with E-state index >= 15 is 0 Å². The van der Waals surface area contributed by atoms with Crippen LogP contribution in [0.4, 0.5) is 11.4 Å². The van der Waals surface area contributed by atoms with Crippen LogP contribution in [0.2, 0.25) is 0 Å². The van der Waals surface area contributed by atoms with Gasteiger partial charge in [-0.3, -0.25) is 24.0 Å². The maximum absolute atomic E-state index is 14.8. The molecule has 1 aliphatic carbocycles. The summed E-state index contributed by atoms with van der Waals surface area (Å²) in [6.07, 6.45) is 4.99. The van der Waals surface area contributed by atoms with Crippen molar-refractivity contribution < 1.29 is 27.7 Å². The zero-order chi connectivity index (χ0) is 36.5. The number of rotatable bonds is 14. The second-order valence-corrected chi connectivity index (χ2v) is 15.4. The highest BCUT2D eigenvalue weighted by atomic mass is 79.9. The van der Waals surface area contributed by atoms with Crippen LogP contribution in [0.3, 0.4) is 0 Å². The van der Waals surface area contributed by atoms with Crippen LogP contribution in [-0.2, 0) is 32.6 Å². The summed E-state index contributed by atoms with van der Waals surface area (Å²) in [5.41, 5.74) is 1.64. The Morgan fingerprint density at radius 3 is 2.24 bits per heavy atom. The molecule has 0 aromatic heterocycles. The van der Waals surface area contributed by atoms with Crippen LogP contribution in [0.25, 0.3) is 0 Å². The van der Waals surface area contributed by atoms with E-state index in [9.17, 15) is 28.1 Å². The molecule has 4 aromatic rings. The van der Waals surface area contributed by atoms with E-state index in [0.717, 1.165) is 58.1 Å². The van der Waals surface area contributed by atoms with E-state index in [1.165, 1.54) is 43.2 Å². The summed E-state index contributed by atoms with van der Waals surface area (Å²) in [4.78, 5) is 41.3. The van der Waals surface area contributed by atoms with Crippen molar-refractivity contribution in [1.29, 1.82) is 0 Å². The predicted molar refractivity (Wildman–Crippen MR) is 199 cm³/mol. The van der Waals surface area contributed by atoms with Gasteiger partial charge in [-0.1, -0.05) is 83.7 Å². The summed E-state index contributed by atoms with van der Waals surface area (Å²) in [6.45, 7) is 0.855. The number of nitro benzene ring substituents is 1. The average Bonchev–Trinajstić information content (AvgIpc) is 3.13. The normalized spacial score (nSPS) is 13.9. The molecule has 0 spiro atoms. The topological polar surface area (TPSA) is 139 Å². The molecule has 11 nitrogen and oxygen atoms in total. The molecule has 1 atom stereocenters. The van der Waals surface area contributed by atoms with E-state index in [-0.39, 0.29) is 41.2 Å². The number of carbonyl (C=O) groups is 2. The van der Waals surface area contributed by atoms with Crippen molar-refractivity contribution in [2.45, 2.75) is 69.0 Å². The molecule has 0 saturated heterocycles. The fourth-order valence-electron chi connectivity index (χ4n) is 6.24. The molecule has 1 saturated carbocycles. The Hall–Kier alpha value is -4.75. The Morgan fingerprint density at radius 1 is 0.941 bits per heavy atom. The first kappa shape index (κ1) is 37.5. The Bertz CT molecular complexity index is 1940. The summed E-state index contributed by atoms with van der Waals surface area (Å²) in [5.74, 6) is -0.476. The first-order chi connectivity index (χ1) is 24.5. The molecule has 0 unspecified atom stereocenters. The predicted octanol–water partition coefficient (Wildman–Crippen LogP) is 6.96. The van der Waals surface area contributed by atoms with E-state index in [1.54, 1.807) is 12.1 Å². The number of hydrogen-bond acceptors (Lipinski definition) is 7. The Morgan fingerprint density at radius 2 is 1.61 bits per heavy atom. The van der Waals surface area contributed by atoms with Gasteiger partial charge in [-0.25, -0.2) is 8.42 Å². The van der Waals surface area contributed by atoms with Gasteiger partial charge in [0.25, 0.3) is 15.7 Å². The first-order valence-corrected chi connectivity index (χ1v) is 19.0. The van der Waals surface area contributed by atoms with Crippen LogP contribution < -0.4 is 14.4 Å². The maximum atomic E-state index is 14.8. The van der Waals surface area contributed by atoms with Crippen LogP contribution in [0.1, 0.15) is 48.8 Å². The number of carbonyl (C=O) groups excluding carboxylic acids is 2. The van der Waals surface area contributed by atoms with E-state index in [0.29, 0.717) is 11.3 Å². The van der Waals surface area contributed by atoms with Gasteiger partial charge in [0.2, 0.25) is 11.8 Å². The van der Waals surface area contributed by atoms with Crippen molar-refractivity contribution in [1.82, 2.24) is 10.2 Å². The van der Waals surface area contributed by atoms with Gasteiger partial charge < -0.3 is 15.0 Å². The molecule has 0 bridgehead atoms. The second kappa shape index (κ2) is 17.0. The van der Waals surface area contributed by atoms with Crippen LogP contribution >= 0.6 is 15.9 Å². The zero-order valence-electron chi connectivity index (χ0n) is 28.5. The number of anilines is 1. The molecule has 2 amide bonds. The third-order valence-corrected chi connectivity index (χ3v) is 11.4. The van der Waals surface area contributed by atoms with Crippen LogP contribution in [0.15, 0.2) is 106 Å². The van der Waals surface area contributed by atoms with Gasteiger partial charge in [0.15, 0.2) is 0 Å². The van der Waals surface area contributed by atoms with Crippen LogP contribution in [0, 0.1) is 17.0 Å².